The molecule has 0 radical (unpaired) electrons. The lowest BCUT2D eigenvalue weighted by atomic mass is 9.97. The van der Waals surface area contributed by atoms with Crippen LogP contribution in [-0.2, 0) is 19.1 Å². The molecule has 1 aromatic rings. The van der Waals surface area contributed by atoms with Crippen molar-refractivity contribution in [3.8, 4) is 5.75 Å². The second kappa shape index (κ2) is 13.4. The third-order valence-electron chi connectivity index (χ3n) is 5.44. The van der Waals surface area contributed by atoms with Crippen LogP contribution in [-0.4, -0.2) is 69.1 Å². The fourth-order valence-corrected chi connectivity index (χ4v) is 3.34. The van der Waals surface area contributed by atoms with Gasteiger partial charge in [0.1, 0.15) is 24.4 Å². The van der Waals surface area contributed by atoms with Gasteiger partial charge in [-0.05, 0) is 24.5 Å². The van der Waals surface area contributed by atoms with E-state index in [0.29, 0.717) is 31.7 Å². The van der Waals surface area contributed by atoms with E-state index in [9.17, 15) is 19.2 Å². The SMILES string of the molecule is CC[C@H](C)[C@@H]1NC(=O)C[C@@H](C(=O)NCCCOC)NC(=O)c2ccccc2OCCNC1=O. The standard InChI is InChI=1S/C23H34N4O6/c1-4-15(2)20-23(31)25-11-13-33-18-9-6-5-8-16(18)21(29)26-17(14-19(28)27-20)22(30)24-10-7-12-32-3/h5-6,8-9,15,17,20H,4,7,10-14H2,1-3H3,(H,24,30)(H,25,31)(H,26,29)(H,27,28)/t15-,17-,20-/m0/s1. The van der Waals surface area contributed by atoms with Crippen molar-refractivity contribution in [3.05, 3.63) is 29.8 Å². The second-order valence-corrected chi connectivity index (χ2v) is 7.93. The molecule has 10 nitrogen and oxygen atoms in total. The number of ether oxygens (including phenoxy) is 2. The Bertz CT molecular complexity index is 831. The Balaban J connectivity index is 2.28. The van der Waals surface area contributed by atoms with E-state index in [-0.39, 0.29) is 37.0 Å². The number of amides is 4. The molecule has 1 aliphatic heterocycles. The molecule has 0 saturated heterocycles. The Morgan fingerprint density at radius 2 is 2.00 bits per heavy atom. The lowest BCUT2D eigenvalue weighted by Gasteiger charge is -2.25. The fraction of sp³-hybridized carbons (Fsp3) is 0.565. The van der Waals surface area contributed by atoms with Gasteiger partial charge >= 0.3 is 0 Å². The van der Waals surface area contributed by atoms with Gasteiger partial charge in [0.15, 0.2) is 0 Å². The first-order valence-corrected chi connectivity index (χ1v) is 11.2. The van der Waals surface area contributed by atoms with E-state index in [4.69, 9.17) is 9.47 Å². The third kappa shape index (κ3) is 8.05. The summed E-state index contributed by atoms with van der Waals surface area (Å²) in [5.41, 5.74) is 0.232. The second-order valence-electron chi connectivity index (χ2n) is 7.93. The number of carbonyl (C=O) groups is 4. The highest BCUT2D eigenvalue weighted by Gasteiger charge is 2.30. The summed E-state index contributed by atoms with van der Waals surface area (Å²) in [7, 11) is 1.56. The molecule has 10 heteroatoms. The molecule has 3 atom stereocenters. The van der Waals surface area contributed by atoms with E-state index in [2.05, 4.69) is 21.3 Å². The largest absolute Gasteiger partial charge is 0.491 e. The molecule has 0 spiro atoms. The van der Waals surface area contributed by atoms with Gasteiger partial charge in [0.25, 0.3) is 5.91 Å². The first-order chi connectivity index (χ1) is 15.9. The quantitative estimate of drug-likeness (QED) is 0.433. The molecule has 1 heterocycles. The van der Waals surface area contributed by atoms with Crippen LogP contribution in [0.15, 0.2) is 24.3 Å². The maximum Gasteiger partial charge on any atom is 0.255 e. The molecule has 182 valence electrons. The van der Waals surface area contributed by atoms with E-state index < -0.39 is 29.8 Å². The van der Waals surface area contributed by atoms with E-state index in [1.807, 2.05) is 13.8 Å². The Hall–Kier alpha value is -3.14. The summed E-state index contributed by atoms with van der Waals surface area (Å²) in [5, 5.41) is 10.9. The van der Waals surface area contributed by atoms with Gasteiger partial charge in [0, 0.05) is 20.3 Å². The van der Waals surface area contributed by atoms with Crippen LogP contribution in [0.3, 0.4) is 0 Å². The highest BCUT2D eigenvalue weighted by Crippen LogP contribution is 2.18. The van der Waals surface area contributed by atoms with Crippen LogP contribution in [0.4, 0.5) is 0 Å². The molecular weight excluding hydrogens is 428 g/mol. The van der Waals surface area contributed by atoms with Crippen molar-refractivity contribution < 1.29 is 28.7 Å². The maximum atomic E-state index is 13.0. The van der Waals surface area contributed by atoms with Crippen molar-refractivity contribution in [1.29, 1.82) is 0 Å². The van der Waals surface area contributed by atoms with Crippen molar-refractivity contribution in [2.75, 3.05) is 33.4 Å². The molecule has 0 bridgehead atoms. The average molecular weight is 463 g/mol. The van der Waals surface area contributed by atoms with Crippen molar-refractivity contribution in [3.63, 3.8) is 0 Å². The molecule has 2 rings (SSSR count). The van der Waals surface area contributed by atoms with E-state index in [1.54, 1.807) is 31.4 Å². The zero-order valence-corrected chi connectivity index (χ0v) is 19.4. The summed E-state index contributed by atoms with van der Waals surface area (Å²) in [6, 6.07) is 4.71. The monoisotopic (exact) mass is 462 g/mol. The molecule has 0 unspecified atom stereocenters. The van der Waals surface area contributed by atoms with Gasteiger partial charge in [0.2, 0.25) is 17.7 Å². The minimum absolute atomic E-state index is 0.126. The molecule has 1 aromatic carbocycles. The number of hydrogen-bond donors (Lipinski definition) is 4. The third-order valence-corrected chi connectivity index (χ3v) is 5.44. The van der Waals surface area contributed by atoms with Crippen LogP contribution in [0, 0.1) is 5.92 Å². The van der Waals surface area contributed by atoms with Crippen molar-refractivity contribution in [1.82, 2.24) is 21.3 Å². The first-order valence-electron chi connectivity index (χ1n) is 11.2. The maximum absolute atomic E-state index is 13.0. The number of carbonyl (C=O) groups excluding carboxylic acids is 4. The topological polar surface area (TPSA) is 135 Å². The van der Waals surface area contributed by atoms with E-state index in [0.717, 1.165) is 0 Å². The summed E-state index contributed by atoms with van der Waals surface area (Å²) >= 11 is 0. The Kier molecular flexibility index (Phi) is 10.6. The fourth-order valence-electron chi connectivity index (χ4n) is 3.34. The highest BCUT2D eigenvalue weighted by molar-refractivity contribution is 6.01. The Morgan fingerprint density at radius 3 is 2.73 bits per heavy atom. The smallest absolute Gasteiger partial charge is 0.255 e. The van der Waals surface area contributed by atoms with Crippen molar-refractivity contribution in [2.24, 2.45) is 5.92 Å². The van der Waals surface area contributed by atoms with Crippen LogP contribution in [0.25, 0.3) is 0 Å². The van der Waals surface area contributed by atoms with Gasteiger partial charge in [0.05, 0.1) is 18.5 Å². The number of para-hydroxylation sites is 1. The Labute approximate surface area is 194 Å². The predicted octanol–water partition coefficient (Wildman–Crippen LogP) is 0.367. The van der Waals surface area contributed by atoms with Crippen LogP contribution in [0.5, 0.6) is 5.75 Å². The lowest BCUT2D eigenvalue weighted by Crippen LogP contribution is -2.54. The summed E-state index contributed by atoms with van der Waals surface area (Å²) in [6.45, 7) is 4.94. The van der Waals surface area contributed by atoms with Gasteiger partial charge in [-0.3, -0.25) is 19.2 Å². The number of benzene rings is 1. The number of rotatable bonds is 7. The van der Waals surface area contributed by atoms with Crippen LogP contribution in [0.2, 0.25) is 0 Å². The normalized spacial score (nSPS) is 20.8. The van der Waals surface area contributed by atoms with Gasteiger partial charge < -0.3 is 30.7 Å². The molecule has 0 aromatic heterocycles. The summed E-state index contributed by atoms with van der Waals surface area (Å²) in [4.78, 5) is 51.2. The minimum atomic E-state index is -1.13. The molecule has 0 fully saturated rings. The van der Waals surface area contributed by atoms with Crippen LogP contribution in [0.1, 0.15) is 43.5 Å². The number of methoxy groups -OCH3 is 1. The zero-order valence-electron chi connectivity index (χ0n) is 19.4. The minimum Gasteiger partial charge on any atom is -0.491 e. The molecule has 33 heavy (non-hydrogen) atoms. The Morgan fingerprint density at radius 1 is 1.24 bits per heavy atom. The number of fused-ring (bicyclic) bond motifs is 1. The molecular formula is C23H34N4O6. The van der Waals surface area contributed by atoms with E-state index in [1.165, 1.54) is 0 Å². The van der Waals surface area contributed by atoms with Gasteiger partial charge in [-0.15, -0.1) is 0 Å². The molecule has 4 amide bonds. The highest BCUT2D eigenvalue weighted by atomic mass is 16.5. The predicted molar refractivity (Wildman–Crippen MR) is 122 cm³/mol. The molecule has 1 aliphatic rings. The zero-order chi connectivity index (χ0) is 24.2. The summed E-state index contributed by atoms with van der Waals surface area (Å²) in [6.07, 6.45) is 0.940. The lowest BCUT2D eigenvalue weighted by molar-refractivity contribution is -0.132. The van der Waals surface area contributed by atoms with E-state index >= 15 is 0 Å². The van der Waals surface area contributed by atoms with Crippen LogP contribution < -0.4 is 26.0 Å². The molecule has 0 saturated carbocycles. The summed E-state index contributed by atoms with van der Waals surface area (Å²) in [5.74, 6) is -1.66. The molecule has 4 N–H and O–H groups in total. The number of nitrogens with one attached hydrogen (secondary N) is 4. The average Bonchev–Trinajstić information content (AvgIpc) is 2.81. The van der Waals surface area contributed by atoms with Gasteiger partial charge in [-0.25, -0.2) is 0 Å². The number of hydrogen-bond acceptors (Lipinski definition) is 6. The van der Waals surface area contributed by atoms with Gasteiger partial charge in [-0.2, -0.15) is 0 Å². The van der Waals surface area contributed by atoms with Crippen molar-refractivity contribution >= 4 is 23.6 Å². The van der Waals surface area contributed by atoms with Gasteiger partial charge in [-0.1, -0.05) is 32.4 Å². The molecule has 0 aliphatic carbocycles. The van der Waals surface area contributed by atoms with Crippen molar-refractivity contribution in [2.45, 2.75) is 45.2 Å². The van der Waals surface area contributed by atoms with Crippen LogP contribution >= 0.6 is 0 Å². The first kappa shape index (κ1) is 26.1. The summed E-state index contributed by atoms with van der Waals surface area (Å²) < 4.78 is 10.7.